The first-order chi connectivity index (χ1) is 14.1. The molecule has 2 heterocycles. The van der Waals surface area contributed by atoms with E-state index in [9.17, 15) is 9.59 Å². The fraction of sp³-hybridized carbons (Fsp3) is 0.120. The molecule has 0 saturated heterocycles. The van der Waals surface area contributed by atoms with Gasteiger partial charge in [-0.05, 0) is 42.7 Å². The topological polar surface area (TPSA) is 53.2 Å². The molecule has 1 N–H and O–H groups in total. The lowest BCUT2D eigenvalue weighted by atomic mass is 9.99. The van der Waals surface area contributed by atoms with Crippen LogP contribution >= 0.6 is 0 Å². The summed E-state index contributed by atoms with van der Waals surface area (Å²) < 4.78 is 0. The number of H-pyrrole nitrogens is 1. The summed E-state index contributed by atoms with van der Waals surface area (Å²) in [4.78, 5) is 30.4. The minimum atomic E-state index is -0.206. The van der Waals surface area contributed by atoms with Crippen LogP contribution in [0.2, 0.25) is 0 Å². The molecule has 0 radical (unpaired) electrons. The quantitative estimate of drug-likeness (QED) is 0.508. The number of rotatable bonds is 4. The van der Waals surface area contributed by atoms with Gasteiger partial charge in [0.15, 0.2) is 0 Å². The van der Waals surface area contributed by atoms with Crippen molar-refractivity contribution in [2.24, 2.45) is 0 Å². The summed E-state index contributed by atoms with van der Waals surface area (Å²) in [6.07, 6.45) is 0.596. The number of fused-ring (bicyclic) bond motifs is 2. The lowest BCUT2D eigenvalue weighted by molar-refractivity contribution is 0.0656. The van der Waals surface area contributed by atoms with Crippen LogP contribution in [0, 0.1) is 6.92 Å². The number of carbonyl (C=O) groups excluding carboxylic acids is 2. The number of amides is 2. The average Bonchev–Trinajstić information content (AvgIpc) is 3.23. The van der Waals surface area contributed by atoms with Crippen LogP contribution in [-0.2, 0) is 6.42 Å². The maximum Gasteiger partial charge on any atom is 0.261 e. The molecule has 5 rings (SSSR count). The number of benzene rings is 3. The van der Waals surface area contributed by atoms with Crippen LogP contribution in [-0.4, -0.2) is 28.2 Å². The predicted octanol–water partition coefficient (Wildman–Crippen LogP) is 4.98. The van der Waals surface area contributed by atoms with Gasteiger partial charge < -0.3 is 4.98 Å². The van der Waals surface area contributed by atoms with Gasteiger partial charge in [-0.2, -0.15) is 0 Å². The van der Waals surface area contributed by atoms with Crippen LogP contribution in [0.15, 0.2) is 72.8 Å². The molecule has 0 fully saturated rings. The number of nitrogens with zero attached hydrogens (tertiary/aromatic N) is 1. The third-order valence-corrected chi connectivity index (χ3v) is 5.69. The second kappa shape index (κ2) is 6.74. The summed E-state index contributed by atoms with van der Waals surface area (Å²) in [5, 5.41) is 1.13. The van der Waals surface area contributed by atoms with Gasteiger partial charge in [-0.25, -0.2) is 0 Å². The fourth-order valence-corrected chi connectivity index (χ4v) is 4.21. The molecule has 0 atom stereocenters. The van der Waals surface area contributed by atoms with Crippen molar-refractivity contribution in [3.63, 3.8) is 0 Å². The number of carbonyl (C=O) groups is 2. The highest BCUT2D eigenvalue weighted by Crippen LogP contribution is 2.33. The normalized spacial score (nSPS) is 13.3. The maximum atomic E-state index is 12.7. The zero-order chi connectivity index (χ0) is 20.0. The van der Waals surface area contributed by atoms with Crippen molar-refractivity contribution in [2.45, 2.75) is 13.3 Å². The molecule has 0 aliphatic carbocycles. The molecule has 0 bridgehead atoms. The first kappa shape index (κ1) is 17.4. The van der Waals surface area contributed by atoms with Crippen LogP contribution in [0.3, 0.4) is 0 Å². The summed E-state index contributed by atoms with van der Waals surface area (Å²) in [6, 6.07) is 23.5. The molecular formula is C25H20N2O2. The van der Waals surface area contributed by atoms with Crippen molar-refractivity contribution >= 4 is 22.7 Å². The number of aromatic nitrogens is 1. The molecule has 4 heteroatoms. The molecule has 0 unspecified atom stereocenters. The smallest absolute Gasteiger partial charge is 0.261 e. The molecule has 4 nitrogen and oxygen atoms in total. The van der Waals surface area contributed by atoms with Gasteiger partial charge in [0.05, 0.1) is 16.8 Å². The molecule has 0 saturated carbocycles. The van der Waals surface area contributed by atoms with Gasteiger partial charge in [0.2, 0.25) is 0 Å². The summed E-state index contributed by atoms with van der Waals surface area (Å²) in [6.45, 7) is 2.45. The molecule has 3 aromatic carbocycles. The van der Waals surface area contributed by atoms with E-state index in [4.69, 9.17) is 0 Å². The Bertz CT molecular complexity index is 1230. The SMILES string of the molecule is Cc1ccccc1-c1[nH]c2ccccc2c1CCN1C(=O)c2ccccc2C1=O. The molecule has 1 aromatic heterocycles. The largest absolute Gasteiger partial charge is 0.354 e. The maximum absolute atomic E-state index is 12.7. The number of nitrogens with one attached hydrogen (secondary N) is 1. The van der Waals surface area contributed by atoms with E-state index in [-0.39, 0.29) is 11.8 Å². The first-order valence-corrected chi connectivity index (χ1v) is 9.76. The van der Waals surface area contributed by atoms with Gasteiger partial charge >= 0.3 is 0 Å². The number of imide groups is 1. The van der Waals surface area contributed by atoms with E-state index in [1.165, 1.54) is 10.5 Å². The van der Waals surface area contributed by atoms with Crippen LogP contribution in [0.4, 0.5) is 0 Å². The van der Waals surface area contributed by atoms with Crippen molar-refractivity contribution in [2.75, 3.05) is 6.54 Å². The Balaban J connectivity index is 1.53. The highest BCUT2D eigenvalue weighted by atomic mass is 16.2. The lowest BCUT2D eigenvalue weighted by Gasteiger charge is -2.15. The Hall–Kier alpha value is -3.66. The molecule has 4 aromatic rings. The van der Waals surface area contributed by atoms with E-state index in [0.29, 0.717) is 24.1 Å². The van der Waals surface area contributed by atoms with Gasteiger partial charge in [-0.15, -0.1) is 0 Å². The first-order valence-electron chi connectivity index (χ1n) is 9.76. The van der Waals surface area contributed by atoms with Crippen molar-refractivity contribution < 1.29 is 9.59 Å². The van der Waals surface area contributed by atoms with E-state index in [1.807, 2.05) is 24.3 Å². The third-order valence-electron chi connectivity index (χ3n) is 5.69. The molecule has 0 spiro atoms. The van der Waals surface area contributed by atoms with Crippen LogP contribution in [0.25, 0.3) is 22.2 Å². The van der Waals surface area contributed by atoms with Crippen molar-refractivity contribution in [3.05, 3.63) is 95.1 Å². The summed E-state index contributed by atoms with van der Waals surface area (Å²) in [5.41, 5.74) is 6.56. The van der Waals surface area contributed by atoms with E-state index in [0.717, 1.165) is 27.7 Å². The molecule has 2 amide bonds. The van der Waals surface area contributed by atoms with Crippen LogP contribution in [0.5, 0.6) is 0 Å². The Morgan fingerprint density at radius 3 is 2.03 bits per heavy atom. The van der Waals surface area contributed by atoms with Crippen LogP contribution < -0.4 is 0 Å². The number of hydrogen-bond donors (Lipinski definition) is 1. The number of aryl methyl sites for hydroxylation is 1. The molecule has 29 heavy (non-hydrogen) atoms. The third kappa shape index (κ3) is 2.76. The van der Waals surface area contributed by atoms with Crippen molar-refractivity contribution in [1.29, 1.82) is 0 Å². The molecular weight excluding hydrogens is 360 g/mol. The average molecular weight is 380 g/mol. The van der Waals surface area contributed by atoms with E-state index >= 15 is 0 Å². The number of aromatic amines is 1. The number of hydrogen-bond acceptors (Lipinski definition) is 2. The van der Waals surface area contributed by atoms with Gasteiger partial charge in [0, 0.05) is 23.0 Å². The summed E-state index contributed by atoms with van der Waals surface area (Å²) in [7, 11) is 0. The Morgan fingerprint density at radius 2 is 1.34 bits per heavy atom. The highest BCUT2D eigenvalue weighted by molar-refractivity contribution is 6.21. The second-order valence-corrected chi connectivity index (χ2v) is 7.40. The monoisotopic (exact) mass is 380 g/mol. The van der Waals surface area contributed by atoms with Crippen LogP contribution in [0.1, 0.15) is 31.8 Å². The Morgan fingerprint density at radius 1 is 0.759 bits per heavy atom. The van der Waals surface area contributed by atoms with E-state index < -0.39 is 0 Å². The van der Waals surface area contributed by atoms with Gasteiger partial charge in [0.25, 0.3) is 11.8 Å². The minimum absolute atomic E-state index is 0.206. The molecule has 1 aliphatic rings. The second-order valence-electron chi connectivity index (χ2n) is 7.40. The Kier molecular flexibility index (Phi) is 4.06. The number of para-hydroxylation sites is 1. The summed E-state index contributed by atoms with van der Waals surface area (Å²) >= 11 is 0. The summed E-state index contributed by atoms with van der Waals surface area (Å²) in [5.74, 6) is -0.411. The van der Waals surface area contributed by atoms with Crippen molar-refractivity contribution in [1.82, 2.24) is 9.88 Å². The van der Waals surface area contributed by atoms with Gasteiger partial charge in [-0.1, -0.05) is 54.6 Å². The zero-order valence-corrected chi connectivity index (χ0v) is 16.1. The standard InChI is InChI=1S/C25H20N2O2/c1-16-8-2-3-9-17(16)23-19(18-10-6-7-13-22(18)26-23)14-15-27-24(28)20-11-4-5-12-21(20)25(27)29/h2-13,26H,14-15H2,1H3. The van der Waals surface area contributed by atoms with Gasteiger partial charge in [0.1, 0.15) is 0 Å². The van der Waals surface area contributed by atoms with E-state index in [1.54, 1.807) is 24.3 Å². The zero-order valence-electron chi connectivity index (χ0n) is 16.1. The fourth-order valence-electron chi connectivity index (χ4n) is 4.21. The Labute approximate surface area is 168 Å². The lowest BCUT2D eigenvalue weighted by Crippen LogP contribution is -2.31. The molecule has 1 aliphatic heterocycles. The van der Waals surface area contributed by atoms with Crippen molar-refractivity contribution in [3.8, 4) is 11.3 Å². The molecule has 142 valence electrons. The van der Waals surface area contributed by atoms with E-state index in [2.05, 4.69) is 36.2 Å². The highest BCUT2D eigenvalue weighted by Gasteiger charge is 2.34. The minimum Gasteiger partial charge on any atom is -0.354 e. The van der Waals surface area contributed by atoms with Gasteiger partial charge in [-0.3, -0.25) is 14.5 Å². The predicted molar refractivity (Wildman–Crippen MR) is 114 cm³/mol.